The van der Waals surface area contributed by atoms with Crippen LogP contribution in [0.4, 0.5) is 0 Å². The molecule has 3 nitrogen and oxygen atoms in total. The molecule has 0 aromatic carbocycles. The molecule has 16 heavy (non-hydrogen) atoms. The molecule has 1 aliphatic rings. The van der Waals surface area contributed by atoms with Crippen molar-refractivity contribution < 1.29 is 4.79 Å². The third-order valence-electron chi connectivity index (χ3n) is 3.38. The zero-order chi connectivity index (χ0) is 12.2. The van der Waals surface area contributed by atoms with Crippen molar-refractivity contribution in [1.82, 2.24) is 5.32 Å². The van der Waals surface area contributed by atoms with Crippen molar-refractivity contribution >= 4 is 5.91 Å². The van der Waals surface area contributed by atoms with Crippen LogP contribution in [0, 0.1) is 16.7 Å². The molecule has 0 saturated heterocycles. The first-order valence-corrected chi connectivity index (χ1v) is 5.94. The fourth-order valence-corrected chi connectivity index (χ4v) is 1.89. The standard InChI is InChI=1S/C13H20N2O/c1-4-11(6-7-14)15-12(16)10-8-13(3,5-2)9-10/h8,11H,4-6,9H2,1-3H3,(H,15,16). The van der Waals surface area contributed by atoms with Gasteiger partial charge in [0.1, 0.15) is 0 Å². The first-order valence-electron chi connectivity index (χ1n) is 5.94. The lowest BCUT2D eigenvalue weighted by Gasteiger charge is -2.35. The Labute approximate surface area is 97.5 Å². The number of amides is 1. The van der Waals surface area contributed by atoms with Crippen molar-refractivity contribution in [1.29, 1.82) is 5.26 Å². The van der Waals surface area contributed by atoms with Crippen LogP contribution in [-0.4, -0.2) is 11.9 Å². The third kappa shape index (κ3) is 2.85. The van der Waals surface area contributed by atoms with Crippen molar-refractivity contribution in [3.05, 3.63) is 11.6 Å². The average molecular weight is 220 g/mol. The van der Waals surface area contributed by atoms with Crippen LogP contribution in [0.1, 0.15) is 46.5 Å². The number of nitriles is 1. The number of carbonyl (C=O) groups excluding carboxylic acids is 1. The van der Waals surface area contributed by atoms with Gasteiger partial charge in [0.25, 0.3) is 0 Å². The highest BCUT2D eigenvalue weighted by molar-refractivity contribution is 5.95. The monoisotopic (exact) mass is 220 g/mol. The molecule has 0 aromatic rings. The van der Waals surface area contributed by atoms with Crippen LogP contribution < -0.4 is 5.32 Å². The summed E-state index contributed by atoms with van der Waals surface area (Å²) in [6.45, 7) is 6.28. The molecule has 0 saturated carbocycles. The lowest BCUT2D eigenvalue weighted by Crippen LogP contribution is -2.39. The second kappa shape index (κ2) is 5.16. The summed E-state index contributed by atoms with van der Waals surface area (Å²) in [5, 5.41) is 11.5. The molecule has 1 rings (SSSR count). The fraction of sp³-hybridized carbons (Fsp3) is 0.692. The fourth-order valence-electron chi connectivity index (χ4n) is 1.89. The molecule has 0 heterocycles. The van der Waals surface area contributed by atoms with Crippen molar-refractivity contribution in [3.63, 3.8) is 0 Å². The largest absolute Gasteiger partial charge is 0.349 e. The molecule has 0 radical (unpaired) electrons. The summed E-state index contributed by atoms with van der Waals surface area (Å²) in [6.07, 6.45) is 5.18. The van der Waals surface area contributed by atoms with Crippen molar-refractivity contribution in [3.8, 4) is 6.07 Å². The quantitative estimate of drug-likeness (QED) is 0.774. The minimum Gasteiger partial charge on any atom is -0.349 e. The van der Waals surface area contributed by atoms with Gasteiger partial charge in [0.05, 0.1) is 12.5 Å². The van der Waals surface area contributed by atoms with E-state index in [0.29, 0.717) is 6.42 Å². The minimum absolute atomic E-state index is 0.00743. The normalized spacial score (nSPS) is 25.0. The van der Waals surface area contributed by atoms with Crippen molar-refractivity contribution in [2.75, 3.05) is 0 Å². The van der Waals surface area contributed by atoms with Gasteiger partial charge in [0, 0.05) is 11.6 Å². The van der Waals surface area contributed by atoms with Crippen LogP contribution in [0.25, 0.3) is 0 Å². The molecule has 1 amide bonds. The number of allylic oxidation sites excluding steroid dienone is 1. The maximum absolute atomic E-state index is 11.8. The van der Waals surface area contributed by atoms with Crippen molar-refractivity contribution in [2.24, 2.45) is 5.41 Å². The number of rotatable bonds is 5. The van der Waals surface area contributed by atoms with Gasteiger partial charge in [0.2, 0.25) is 5.91 Å². The maximum atomic E-state index is 11.8. The summed E-state index contributed by atoms with van der Waals surface area (Å²) in [5.41, 5.74) is 1.09. The molecule has 0 aromatic heterocycles. The van der Waals surface area contributed by atoms with Gasteiger partial charge in [-0.05, 0) is 24.7 Å². The topological polar surface area (TPSA) is 52.9 Å². The summed E-state index contributed by atoms with van der Waals surface area (Å²) in [5.74, 6) is 0.00743. The Morgan fingerprint density at radius 2 is 2.31 bits per heavy atom. The highest BCUT2D eigenvalue weighted by Gasteiger charge is 2.33. The van der Waals surface area contributed by atoms with Gasteiger partial charge in [-0.15, -0.1) is 0 Å². The zero-order valence-electron chi connectivity index (χ0n) is 10.3. The molecular formula is C13H20N2O. The lowest BCUT2D eigenvalue weighted by molar-refractivity contribution is -0.119. The van der Waals surface area contributed by atoms with E-state index in [9.17, 15) is 4.79 Å². The van der Waals surface area contributed by atoms with Gasteiger partial charge in [-0.2, -0.15) is 5.26 Å². The zero-order valence-corrected chi connectivity index (χ0v) is 10.3. The van der Waals surface area contributed by atoms with E-state index in [1.807, 2.05) is 6.92 Å². The molecule has 3 heteroatoms. The molecule has 0 aliphatic heterocycles. The Bertz CT molecular complexity index is 340. The Morgan fingerprint density at radius 3 is 2.75 bits per heavy atom. The highest BCUT2D eigenvalue weighted by Crippen LogP contribution is 2.41. The predicted molar refractivity (Wildman–Crippen MR) is 63.5 cm³/mol. The van der Waals surface area contributed by atoms with E-state index in [-0.39, 0.29) is 17.4 Å². The first-order chi connectivity index (χ1) is 7.54. The number of hydrogen-bond acceptors (Lipinski definition) is 2. The molecule has 0 bridgehead atoms. The molecule has 2 unspecified atom stereocenters. The van der Waals surface area contributed by atoms with Gasteiger partial charge in [-0.1, -0.05) is 26.8 Å². The second-order valence-electron chi connectivity index (χ2n) is 4.79. The van der Waals surface area contributed by atoms with Gasteiger partial charge >= 0.3 is 0 Å². The molecule has 1 aliphatic carbocycles. The lowest BCUT2D eigenvalue weighted by atomic mass is 9.70. The predicted octanol–water partition coefficient (Wildman–Crippen LogP) is 2.54. The van der Waals surface area contributed by atoms with Crippen LogP contribution in [0.15, 0.2) is 11.6 Å². The van der Waals surface area contributed by atoms with E-state index in [2.05, 4.69) is 31.3 Å². The Hall–Kier alpha value is -1.30. The third-order valence-corrected chi connectivity index (χ3v) is 3.38. The number of carbonyl (C=O) groups is 1. The van der Waals surface area contributed by atoms with Crippen LogP contribution >= 0.6 is 0 Å². The van der Waals surface area contributed by atoms with Gasteiger partial charge in [0.15, 0.2) is 0 Å². The van der Waals surface area contributed by atoms with Gasteiger partial charge in [-0.3, -0.25) is 4.79 Å². The maximum Gasteiger partial charge on any atom is 0.247 e. The minimum atomic E-state index is -0.00752. The molecule has 2 atom stereocenters. The van der Waals surface area contributed by atoms with Crippen molar-refractivity contribution in [2.45, 2.75) is 52.5 Å². The van der Waals surface area contributed by atoms with E-state index < -0.39 is 0 Å². The van der Waals surface area contributed by atoms with E-state index >= 15 is 0 Å². The van der Waals surface area contributed by atoms with Gasteiger partial charge < -0.3 is 5.32 Å². The second-order valence-corrected chi connectivity index (χ2v) is 4.79. The Balaban J connectivity index is 2.49. The number of nitrogens with one attached hydrogen (secondary N) is 1. The first kappa shape index (κ1) is 12.8. The Kier molecular flexibility index (Phi) is 4.12. The summed E-state index contributed by atoms with van der Waals surface area (Å²) in [6, 6.07) is 2.08. The number of nitrogens with zero attached hydrogens (tertiary/aromatic N) is 1. The molecule has 88 valence electrons. The SMILES string of the molecule is CCC(CC#N)NC(=O)C1=CC(C)(CC)C1. The van der Waals surface area contributed by atoms with Crippen LogP contribution in [0.5, 0.6) is 0 Å². The summed E-state index contributed by atoms with van der Waals surface area (Å²) in [4.78, 5) is 11.8. The van der Waals surface area contributed by atoms with Crippen LogP contribution in [-0.2, 0) is 4.79 Å². The van der Waals surface area contributed by atoms with Gasteiger partial charge in [-0.25, -0.2) is 0 Å². The summed E-state index contributed by atoms with van der Waals surface area (Å²) in [7, 11) is 0. The number of hydrogen-bond donors (Lipinski definition) is 1. The highest BCUT2D eigenvalue weighted by atomic mass is 16.1. The Morgan fingerprint density at radius 1 is 1.69 bits per heavy atom. The van der Waals surface area contributed by atoms with E-state index in [1.54, 1.807) is 0 Å². The molecular weight excluding hydrogens is 200 g/mol. The molecule has 0 fully saturated rings. The van der Waals surface area contributed by atoms with E-state index in [4.69, 9.17) is 5.26 Å². The summed E-state index contributed by atoms with van der Waals surface area (Å²) < 4.78 is 0. The van der Waals surface area contributed by atoms with Crippen LogP contribution in [0.2, 0.25) is 0 Å². The van der Waals surface area contributed by atoms with E-state index in [0.717, 1.165) is 24.8 Å². The van der Waals surface area contributed by atoms with E-state index in [1.165, 1.54) is 0 Å². The molecule has 1 N–H and O–H groups in total. The van der Waals surface area contributed by atoms with Crippen LogP contribution in [0.3, 0.4) is 0 Å². The summed E-state index contributed by atoms with van der Waals surface area (Å²) >= 11 is 0. The molecule has 0 spiro atoms. The smallest absolute Gasteiger partial charge is 0.247 e. The average Bonchev–Trinajstić information content (AvgIpc) is 2.23.